The van der Waals surface area contributed by atoms with Gasteiger partial charge in [-0.25, -0.2) is 9.97 Å². The van der Waals surface area contributed by atoms with Gasteiger partial charge in [0, 0.05) is 36.1 Å². The van der Waals surface area contributed by atoms with Crippen LogP contribution in [0.1, 0.15) is 56.7 Å². The van der Waals surface area contributed by atoms with Gasteiger partial charge in [-0.05, 0) is 20.8 Å². The second-order valence-electron chi connectivity index (χ2n) is 8.51. The van der Waals surface area contributed by atoms with Crippen LogP contribution < -0.4 is 0 Å². The quantitative estimate of drug-likeness (QED) is 0.842. The van der Waals surface area contributed by atoms with Crippen LogP contribution in [0, 0.1) is 31.6 Å². The van der Waals surface area contributed by atoms with Gasteiger partial charge in [0.25, 0.3) is 0 Å². The standard InChI is InChI=1S/C20H31N3O2/c1-11-15-12(2)23(8)17(16(15)22-13(3)21-11)18-20(6,7)19(4,5)14(25-18)10-24-9/h14,18H,10H2,1-9H3. The van der Waals surface area contributed by atoms with Crippen molar-refractivity contribution in [1.29, 1.82) is 0 Å². The summed E-state index contributed by atoms with van der Waals surface area (Å²) in [6.45, 7) is 15.9. The lowest BCUT2D eigenvalue weighted by molar-refractivity contribution is -0.0310. The lowest BCUT2D eigenvalue weighted by Gasteiger charge is -2.38. The predicted octanol–water partition coefficient (Wildman–Crippen LogP) is 4.03. The number of ether oxygens (including phenoxy) is 2. The first-order chi connectivity index (χ1) is 11.5. The summed E-state index contributed by atoms with van der Waals surface area (Å²) in [6.07, 6.45) is 0.00402. The van der Waals surface area contributed by atoms with Crippen LogP contribution in [-0.4, -0.2) is 34.4 Å². The van der Waals surface area contributed by atoms with Crippen LogP contribution in [0.2, 0.25) is 0 Å². The molecule has 2 atom stereocenters. The molecule has 0 radical (unpaired) electrons. The van der Waals surface area contributed by atoms with E-state index in [1.54, 1.807) is 7.11 Å². The summed E-state index contributed by atoms with van der Waals surface area (Å²) < 4.78 is 14.3. The summed E-state index contributed by atoms with van der Waals surface area (Å²) in [5.41, 5.74) is 4.32. The second-order valence-corrected chi connectivity index (χ2v) is 8.51. The van der Waals surface area contributed by atoms with E-state index in [1.165, 1.54) is 5.69 Å². The molecule has 3 rings (SSSR count). The highest BCUT2D eigenvalue weighted by atomic mass is 16.5. The molecule has 5 heteroatoms. The fourth-order valence-corrected chi connectivity index (χ4v) is 4.20. The number of fused-ring (bicyclic) bond motifs is 1. The van der Waals surface area contributed by atoms with Gasteiger partial charge in [0.15, 0.2) is 0 Å². The van der Waals surface area contributed by atoms with Crippen LogP contribution in [0.3, 0.4) is 0 Å². The predicted molar refractivity (Wildman–Crippen MR) is 99.8 cm³/mol. The van der Waals surface area contributed by atoms with Crippen molar-refractivity contribution in [2.24, 2.45) is 17.9 Å². The Morgan fingerprint density at radius 3 is 2.32 bits per heavy atom. The van der Waals surface area contributed by atoms with Crippen LogP contribution in [0.15, 0.2) is 0 Å². The van der Waals surface area contributed by atoms with E-state index in [9.17, 15) is 0 Å². The zero-order chi connectivity index (χ0) is 18.7. The fraction of sp³-hybridized carbons (Fsp3) is 0.700. The van der Waals surface area contributed by atoms with E-state index in [0.29, 0.717) is 6.61 Å². The van der Waals surface area contributed by atoms with Gasteiger partial charge in [-0.1, -0.05) is 27.7 Å². The van der Waals surface area contributed by atoms with Crippen LogP contribution in [-0.2, 0) is 16.5 Å². The molecule has 0 amide bonds. The second kappa shape index (κ2) is 5.78. The first kappa shape index (κ1) is 18.3. The smallest absolute Gasteiger partial charge is 0.126 e. The Morgan fingerprint density at radius 1 is 1.08 bits per heavy atom. The molecule has 0 spiro atoms. The largest absolute Gasteiger partial charge is 0.382 e. The summed E-state index contributed by atoms with van der Waals surface area (Å²) >= 11 is 0. The molecule has 1 aliphatic heterocycles. The number of aryl methyl sites for hydroxylation is 3. The molecule has 138 valence electrons. The van der Waals surface area contributed by atoms with Crippen molar-refractivity contribution < 1.29 is 9.47 Å². The maximum Gasteiger partial charge on any atom is 0.126 e. The highest BCUT2D eigenvalue weighted by Crippen LogP contribution is 2.59. The Hall–Kier alpha value is -1.46. The molecule has 0 aromatic carbocycles. The summed E-state index contributed by atoms with van der Waals surface area (Å²) in [5, 5.41) is 1.15. The molecule has 2 aromatic rings. The van der Waals surface area contributed by atoms with E-state index in [2.05, 4.69) is 58.1 Å². The van der Waals surface area contributed by atoms with Crippen molar-refractivity contribution in [1.82, 2.24) is 14.5 Å². The summed E-state index contributed by atoms with van der Waals surface area (Å²) in [4.78, 5) is 9.37. The molecule has 3 heterocycles. The first-order valence-electron chi connectivity index (χ1n) is 8.98. The van der Waals surface area contributed by atoms with Gasteiger partial charge in [0.05, 0.1) is 29.6 Å². The Kier molecular flexibility index (Phi) is 4.24. The number of aromatic nitrogens is 3. The monoisotopic (exact) mass is 345 g/mol. The third kappa shape index (κ3) is 2.43. The van der Waals surface area contributed by atoms with E-state index >= 15 is 0 Å². The van der Waals surface area contributed by atoms with Crippen LogP contribution in [0.25, 0.3) is 10.9 Å². The average Bonchev–Trinajstić information content (AvgIpc) is 2.83. The van der Waals surface area contributed by atoms with E-state index in [-0.39, 0.29) is 23.0 Å². The van der Waals surface area contributed by atoms with Gasteiger partial charge in [0.2, 0.25) is 0 Å². The van der Waals surface area contributed by atoms with Gasteiger partial charge in [-0.15, -0.1) is 0 Å². The minimum atomic E-state index is -0.0611. The van der Waals surface area contributed by atoms with E-state index < -0.39 is 0 Å². The summed E-state index contributed by atoms with van der Waals surface area (Å²) in [5.74, 6) is 0.806. The third-order valence-electron chi connectivity index (χ3n) is 6.66. The van der Waals surface area contributed by atoms with Crippen LogP contribution >= 0.6 is 0 Å². The molecule has 2 aromatic heterocycles. The minimum absolute atomic E-state index is 0.0186. The van der Waals surface area contributed by atoms with Crippen LogP contribution in [0.4, 0.5) is 0 Å². The number of methoxy groups -OCH3 is 1. The van der Waals surface area contributed by atoms with Crippen molar-refractivity contribution in [2.75, 3.05) is 13.7 Å². The molecule has 0 bridgehead atoms. The van der Waals surface area contributed by atoms with Crippen LogP contribution in [0.5, 0.6) is 0 Å². The van der Waals surface area contributed by atoms with E-state index in [4.69, 9.17) is 14.5 Å². The van der Waals surface area contributed by atoms with Gasteiger partial charge < -0.3 is 14.0 Å². The van der Waals surface area contributed by atoms with Crippen molar-refractivity contribution in [2.45, 2.75) is 60.7 Å². The number of hydrogen-bond acceptors (Lipinski definition) is 4. The van der Waals surface area contributed by atoms with Gasteiger partial charge >= 0.3 is 0 Å². The molecule has 0 N–H and O–H groups in total. The van der Waals surface area contributed by atoms with Crippen molar-refractivity contribution in [3.05, 3.63) is 22.9 Å². The molecule has 5 nitrogen and oxygen atoms in total. The van der Waals surface area contributed by atoms with Crippen molar-refractivity contribution >= 4 is 10.9 Å². The SMILES string of the molecule is COCC1OC(c2c3nc(C)nc(C)c3c(C)n2C)C(C)(C)C1(C)C. The maximum atomic E-state index is 6.59. The lowest BCUT2D eigenvalue weighted by Crippen LogP contribution is -2.38. The maximum absolute atomic E-state index is 6.59. The highest BCUT2D eigenvalue weighted by molar-refractivity contribution is 5.87. The Balaban J connectivity index is 2.25. The van der Waals surface area contributed by atoms with Crippen molar-refractivity contribution in [3.63, 3.8) is 0 Å². The minimum Gasteiger partial charge on any atom is -0.382 e. The van der Waals surface area contributed by atoms with Gasteiger partial charge in [-0.3, -0.25) is 0 Å². The molecule has 0 aliphatic carbocycles. The topological polar surface area (TPSA) is 49.2 Å². The molecular formula is C20H31N3O2. The molecule has 1 fully saturated rings. The zero-order valence-electron chi connectivity index (χ0n) is 17.0. The summed E-state index contributed by atoms with van der Waals surface area (Å²) in [6, 6.07) is 0. The number of nitrogens with zero attached hydrogens (tertiary/aromatic N) is 3. The average molecular weight is 345 g/mol. The molecule has 1 saturated heterocycles. The first-order valence-corrected chi connectivity index (χ1v) is 8.98. The lowest BCUT2D eigenvalue weighted by atomic mass is 9.64. The fourth-order valence-electron chi connectivity index (χ4n) is 4.20. The van der Waals surface area contributed by atoms with Gasteiger partial charge in [0.1, 0.15) is 11.9 Å². The molecule has 25 heavy (non-hydrogen) atoms. The Labute approximate surface area is 150 Å². The van der Waals surface area contributed by atoms with E-state index in [0.717, 1.165) is 28.1 Å². The summed E-state index contributed by atoms with van der Waals surface area (Å²) in [7, 11) is 3.85. The molecule has 2 unspecified atom stereocenters. The number of rotatable bonds is 3. The number of hydrogen-bond donors (Lipinski definition) is 0. The molecule has 1 aliphatic rings. The molecule has 0 saturated carbocycles. The zero-order valence-corrected chi connectivity index (χ0v) is 17.0. The molecular weight excluding hydrogens is 314 g/mol. The third-order valence-corrected chi connectivity index (χ3v) is 6.66. The Bertz CT molecular complexity index is 820. The van der Waals surface area contributed by atoms with E-state index in [1.807, 2.05) is 6.92 Å². The Morgan fingerprint density at radius 2 is 1.72 bits per heavy atom. The van der Waals surface area contributed by atoms with Crippen molar-refractivity contribution in [3.8, 4) is 0 Å². The highest BCUT2D eigenvalue weighted by Gasteiger charge is 2.57. The normalized spacial score (nSPS) is 25.0. The van der Waals surface area contributed by atoms with Gasteiger partial charge in [-0.2, -0.15) is 0 Å².